The number of halogens is 4. The van der Waals surface area contributed by atoms with E-state index in [9.17, 15) is 18.0 Å². The summed E-state index contributed by atoms with van der Waals surface area (Å²) < 4.78 is 41.9. The number of aryl methyl sites for hydroxylation is 1. The number of nitrogens with one attached hydrogen (secondary N) is 1. The Labute approximate surface area is 126 Å². The van der Waals surface area contributed by atoms with Crippen molar-refractivity contribution in [3.63, 3.8) is 0 Å². The predicted molar refractivity (Wildman–Crippen MR) is 73.5 cm³/mol. The molecule has 0 atom stereocenters. The molecule has 0 spiro atoms. The number of carbonyl (C=O) groups is 1. The number of hydrogen-bond donors (Lipinski definition) is 2. The first kappa shape index (κ1) is 15.6. The van der Waals surface area contributed by atoms with E-state index in [2.05, 4.69) is 9.69 Å². The van der Waals surface area contributed by atoms with E-state index in [4.69, 9.17) is 16.7 Å². The Morgan fingerprint density at radius 2 is 2.10 bits per heavy atom. The van der Waals surface area contributed by atoms with Crippen LogP contribution in [0.5, 0.6) is 0 Å². The maximum Gasteiger partial charge on any atom is 0.416 e. The first-order valence-electron chi connectivity index (χ1n) is 5.53. The molecule has 2 N–H and O–H groups in total. The summed E-state index contributed by atoms with van der Waals surface area (Å²) in [7, 11) is 0. The molecular weight excluding hydrogens is 329 g/mol. The van der Waals surface area contributed by atoms with Crippen LogP contribution in [0, 0.1) is 6.92 Å². The van der Waals surface area contributed by atoms with E-state index in [1.807, 2.05) is 0 Å². The normalized spacial score (nSPS) is 11.5. The van der Waals surface area contributed by atoms with Crippen molar-refractivity contribution in [1.29, 1.82) is 0 Å². The quantitative estimate of drug-likeness (QED) is 0.862. The summed E-state index contributed by atoms with van der Waals surface area (Å²) in [6.45, 7) is 1.50. The Morgan fingerprint density at radius 3 is 2.67 bits per heavy atom. The van der Waals surface area contributed by atoms with Gasteiger partial charge in [-0.15, -0.1) is 0 Å². The molecule has 0 aliphatic rings. The van der Waals surface area contributed by atoms with Gasteiger partial charge >= 0.3 is 12.1 Å². The third-order valence-corrected chi connectivity index (χ3v) is 3.80. The molecule has 112 valence electrons. The minimum Gasteiger partial charge on any atom is -0.478 e. The van der Waals surface area contributed by atoms with Crippen LogP contribution in [0.25, 0.3) is 0 Å². The molecule has 1 aromatic heterocycles. The molecule has 0 amide bonds. The van der Waals surface area contributed by atoms with Gasteiger partial charge in [-0.2, -0.15) is 17.5 Å². The SMILES string of the molecule is Cc1nsc(Nc2cc(C(F)(F)F)ccc2Cl)c1C(=O)O. The van der Waals surface area contributed by atoms with E-state index in [-0.39, 0.29) is 27.0 Å². The molecule has 1 heterocycles. The number of rotatable bonds is 3. The van der Waals surface area contributed by atoms with Crippen molar-refractivity contribution < 1.29 is 23.1 Å². The molecule has 0 radical (unpaired) electrons. The molecule has 2 aromatic rings. The van der Waals surface area contributed by atoms with Crippen molar-refractivity contribution in [2.45, 2.75) is 13.1 Å². The van der Waals surface area contributed by atoms with Crippen molar-refractivity contribution in [2.24, 2.45) is 0 Å². The molecule has 9 heteroatoms. The van der Waals surface area contributed by atoms with Gasteiger partial charge < -0.3 is 10.4 Å². The van der Waals surface area contributed by atoms with Crippen LogP contribution < -0.4 is 5.32 Å². The first-order valence-corrected chi connectivity index (χ1v) is 6.68. The summed E-state index contributed by atoms with van der Waals surface area (Å²) >= 11 is 6.68. The maximum atomic E-state index is 12.7. The molecule has 0 bridgehead atoms. The third kappa shape index (κ3) is 3.27. The van der Waals surface area contributed by atoms with Crippen LogP contribution in [0.1, 0.15) is 21.6 Å². The molecule has 4 nitrogen and oxygen atoms in total. The highest BCUT2D eigenvalue weighted by Crippen LogP contribution is 2.36. The zero-order valence-corrected chi connectivity index (χ0v) is 12.0. The molecule has 0 aliphatic heterocycles. The second kappa shape index (κ2) is 5.53. The number of aromatic carboxylic acids is 1. The Morgan fingerprint density at radius 1 is 1.43 bits per heavy atom. The number of carboxylic acid groups (broad SMARTS) is 1. The molecule has 0 aliphatic carbocycles. The molecule has 0 fully saturated rings. The van der Waals surface area contributed by atoms with E-state index < -0.39 is 17.7 Å². The van der Waals surface area contributed by atoms with Gasteiger partial charge in [-0.3, -0.25) is 0 Å². The standard InChI is InChI=1S/C12H8ClF3N2O2S/c1-5-9(11(19)20)10(21-18-5)17-8-4-6(12(14,15)16)2-3-7(8)13/h2-4,17H,1H3,(H,19,20). The average Bonchev–Trinajstić information content (AvgIpc) is 2.72. The molecule has 0 unspecified atom stereocenters. The Bertz CT molecular complexity index is 700. The monoisotopic (exact) mass is 336 g/mol. The molecule has 0 saturated carbocycles. The lowest BCUT2D eigenvalue weighted by molar-refractivity contribution is -0.137. The number of benzene rings is 1. The number of aromatic nitrogens is 1. The van der Waals surface area contributed by atoms with Gasteiger partial charge in [-0.1, -0.05) is 11.6 Å². The molecule has 1 aromatic carbocycles. The lowest BCUT2D eigenvalue weighted by Crippen LogP contribution is -2.06. The van der Waals surface area contributed by atoms with Crippen LogP contribution in [0.2, 0.25) is 5.02 Å². The Kier molecular flexibility index (Phi) is 4.11. The summed E-state index contributed by atoms with van der Waals surface area (Å²) in [6, 6.07) is 2.77. The van der Waals surface area contributed by atoms with Crippen LogP contribution in [-0.4, -0.2) is 15.4 Å². The van der Waals surface area contributed by atoms with E-state index in [1.54, 1.807) is 0 Å². The smallest absolute Gasteiger partial charge is 0.416 e. The largest absolute Gasteiger partial charge is 0.478 e. The summed E-state index contributed by atoms with van der Waals surface area (Å²) in [6.07, 6.45) is -4.51. The second-order valence-electron chi connectivity index (χ2n) is 4.09. The minimum atomic E-state index is -4.51. The van der Waals surface area contributed by atoms with Crippen LogP contribution in [-0.2, 0) is 6.18 Å². The fourth-order valence-electron chi connectivity index (χ4n) is 1.63. The number of alkyl halides is 3. The van der Waals surface area contributed by atoms with Crippen molar-refractivity contribution >= 4 is 39.8 Å². The third-order valence-electron chi connectivity index (χ3n) is 2.62. The van der Waals surface area contributed by atoms with E-state index in [0.717, 1.165) is 29.7 Å². The van der Waals surface area contributed by atoms with Gasteiger partial charge in [0, 0.05) is 0 Å². The van der Waals surface area contributed by atoms with Gasteiger partial charge in [0.1, 0.15) is 10.6 Å². The second-order valence-corrected chi connectivity index (χ2v) is 5.28. The van der Waals surface area contributed by atoms with Crippen LogP contribution in [0.15, 0.2) is 18.2 Å². The highest BCUT2D eigenvalue weighted by Gasteiger charge is 2.31. The van der Waals surface area contributed by atoms with Gasteiger partial charge in [0.2, 0.25) is 0 Å². The number of hydrogen-bond acceptors (Lipinski definition) is 4. The highest BCUT2D eigenvalue weighted by atomic mass is 35.5. The summed E-state index contributed by atoms with van der Waals surface area (Å²) in [5.74, 6) is -1.22. The highest BCUT2D eigenvalue weighted by molar-refractivity contribution is 7.10. The van der Waals surface area contributed by atoms with Gasteiger partial charge in [0.15, 0.2) is 0 Å². The molecule has 0 saturated heterocycles. The van der Waals surface area contributed by atoms with Crippen molar-refractivity contribution in [3.8, 4) is 0 Å². The number of carboxylic acids is 1. The van der Waals surface area contributed by atoms with Gasteiger partial charge in [0.25, 0.3) is 0 Å². The zero-order chi connectivity index (χ0) is 15.8. The topological polar surface area (TPSA) is 62.2 Å². The lowest BCUT2D eigenvalue weighted by Gasteiger charge is -2.11. The van der Waals surface area contributed by atoms with Gasteiger partial charge in [0.05, 0.1) is 22.0 Å². The summed E-state index contributed by atoms with van der Waals surface area (Å²) in [4.78, 5) is 11.1. The predicted octanol–water partition coefficient (Wildman–Crippen LogP) is 4.57. The van der Waals surface area contributed by atoms with Crippen molar-refractivity contribution in [3.05, 3.63) is 40.0 Å². The van der Waals surface area contributed by atoms with Crippen molar-refractivity contribution in [1.82, 2.24) is 4.37 Å². The first-order chi connectivity index (χ1) is 9.70. The van der Waals surface area contributed by atoms with Gasteiger partial charge in [-0.05, 0) is 36.7 Å². The van der Waals surface area contributed by atoms with Crippen LogP contribution >= 0.6 is 23.1 Å². The van der Waals surface area contributed by atoms with Crippen LogP contribution in [0.3, 0.4) is 0 Å². The Balaban J connectivity index is 2.43. The molecule has 21 heavy (non-hydrogen) atoms. The van der Waals surface area contributed by atoms with E-state index in [0.29, 0.717) is 0 Å². The zero-order valence-electron chi connectivity index (χ0n) is 10.5. The van der Waals surface area contributed by atoms with Crippen LogP contribution in [0.4, 0.5) is 23.9 Å². The lowest BCUT2D eigenvalue weighted by atomic mass is 10.2. The fourth-order valence-corrected chi connectivity index (χ4v) is 2.59. The van der Waals surface area contributed by atoms with Crippen molar-refractivity contribution in [2.75, 3.05) is 5.32 Å². The van der Waals surface area contributed by atoms with E-state index in [1.165, 1.54) is 6.92 Å². The molecule has 2 rings (SSSR count). The number of anilines is 2. The fraction of sp³-hybridized carbons (Fsp3) is 0.167. The Hall–Kier alpha value is -1.80. The molecular formula is C12H8ClF3N2O2S. The summed E-state index contributed by atoms with van der Waals surface area (Å²) in [5, 5.41) is 11.9. The average molecular weight is 337 g/mol. The van der Waals surface area contributed by atoms with E-state index >= 15 is 0 Å². The minimum absolute atomic E-state index is 0.0300. The maximum absolute atomic E-state index is 12.7. The summed E-state index contributed by atoms with van der Waals surface area (Å²) in [5.41, 5.74) is -0.725. The van der Waals surface area contributed by atoms with Gasteiger partial charge in [-0.25, -0.2) is 4.79 Å². The number of nitrogens with zero attached hydrogens (tertiary/aromatic N) is 1.